The largest absolute Gasteiger partial charge is 0.505 e. The summed E-state index contributed by atoms with van der Waals surface area (Å²) in [6.45, 7) is 1.77. The fourth-order valence-electron chi connectivity index (χ4n) is 0.386. The van der Waals surface area contributed by atoms with Gasteiger partial charge in [0.25, 0.3) is 0 Å². The summed E-state index contributed by atoms with van der Waals surface area (Å²) in [6.07, 6.45) is 1.03. The van der Waals surface area contributed by atoms with Gasteiger partial charge in [0.2, 0.25) is 11.6 Å². The second-order valence-corrected chi connectivity index (χ2v) is 3.18. The van der Waals surface area contributed by atoms with Crippen LogP contribution in [0.4, 0.5) is 0 Å². The van der Waals surface area contributed by atoms with E-state index in [-0.39, 0.29) is 0 Å². The lowest BCUT2D eigenvalue weighted by molar-refractivity contribution is -0.140. The van der Waals surface area contributed by atoms with E-state index >= 15 is 0 Å². The zero-order chi connectivity index (χ0) is 12.3. The van der Waals surface area contributed by atoms with E-state index in [9.17, 15) is 0 Å². The molecule has 7 heteroatoms. The van der Waals surface area contributed by atoms with Crippen molar-refractivity contribution < 1.29 is 35.4 Å². The molecule has 0 rings (SSSR count). The van der Waals surface area contributed by atoms with Crippen LogP contribution in [0, 0.1) is 0 Å². The van der Waals surface area contributed by atoms with E-state index in [2.05, 4.69) is 4.74 Å². The summed E-state index contributed by atoms with van der Waals surface area (Å²) in [4.78, 5) is 0. The second-order valence-electron chi connectivity index (χ2n) is 3.18. The summed E-state index contributed by atoms with van der Waals surface area (Å²) in [5.74, 6) is -6.76. The van der Waals surface area contributed by atoms with Gasteiger partial charge in [-0.3, -0.25) is 0 Å². The molecule has 0 bridgehead atoms. The first-order chi connectivity index (χ1) is 6.55. The van der Waals surface area contributed by atoms with Crippen LogP contribution in [0.15, 0.2) is 24.0 Å². The Kier molecular flexibility index (Phi) is 4.11. The van der Waals surface area contributed by atoms with Gasteiger partial charge in [-0.1, -0.05) is 0 Å². The van der Waals surface area contributed by atoms with Crippen LogP contribution in [0.1, 0.15) is 13.8 Å². The Morgan fingerprint density at radius 2 is 1.13 bits per heavy atom. The molecule has 6 N–H and O–H groups in total. The van der Waals surface area contributed by atoms with Gasteiger partial charge >= 0.3 is 0 Å². The molecule has 0 atom stereocenters. The van der Waals surface area contributed by atoms with Crippen LogP contribution in [-0.4, -0.2) is 42.2 Å². The summed E-state index contributed by atoms with van der Waals surface area (Å²) >= 11 is 0. The van der Waals surface area contributed by atoms with Crippen LogP contribution in [0.3, 0.4) is 0 Å². The normalized spacial score (nSPS) is 15.3. The molecule has 0 unspecified atom stereocenters. The minimum absolute atomic E-state index is 0.516. The first-order valence-corrected chi connectivity index (χ1v) is 3.89. The fourth-order valence-corrected chi connectivity index (χ4v) is 0.386. The highest BCUT2D eigenvalue weighted by atomic mass is 16.5. The lowest BCUT2D eigenvalue weighted by Gasteiger charge is -2.15. The Labute approximate surface area is 85.8 Å². The van der Waals surface area contributed by atoms with Crippen molar-refractivity contribution in [3.63, 3.8) is 0 Å². The van der Waals surface area contributed by atoms with Crippen molar-refractivity contribution in [3.8, 4) is 0 Å². The summed E-state index contributed by atoms with van der Waals surface area (Å²) in [5, 5.41) is 52.9. The van der Waals surface area contributed by atoms with Crippen LogP contribution < -0.4 is 0 Å². The summed E-state index contributed by atoms with van der Waals surface area (Å²) < 4.78 is 4.35. The van der Waals surface area contributed by atoms with E-state index < -0.39 is 23.1 Å². The Balaban J connectivity index is 4.44. The third-order valence-electron chi connectivity index (χ3n) is 1.33. The highest BCUT2D eigenvalue weighted by Gasteiger charge is 2.23. The molecule has 0 saturated carbocycles. The van der Waals surface area contributed by atoms with Crippen molar-refractivity contribution in [2.75, 3.05) is 0 Å². The van der Waals surface area contributed by atoms with Crippen molar-refractivity contribution in [1.29, 1.82) is 0 Å². The number of ether oxygens (including phenoxy) is 1. The molecule has 7 nitrogen and oxygen atoms in total. The molecule has 0 aromatic rings. The van der Waals surface area contributed by atoms with Crippen LogP contribution in [-0.2, 0) is 4.74 Å². The molecule has 0 saturated heterocycles. The molecule has 0 aliphatic heterocycles. The van der Waals surface area contributed by atoms with Gasteiger partial charge in [-0.15, -0.1) is 0 Å². The summed E-state index contributed by atoms with van der Waals surface area (Å²) in [6, 6.07) is 0. The van der Waals surface area contributed by atoms with E-state index in [1.807, 2.05) is 0 Å². The SMILES string of the molecule is CC(O)(O)/C(O)=C/O/C=C(\O)C(C)(O)O. The maximum atomic E-state index is 8.90. The smallest absolute Gasteiger partial charge is 0.222 e. The molecule has 0 fully saturated rings. The molecule has 0 aromatic heterocycles. The van der Waals surface area contributed by atoms with Crippen LogP contribution in [0.25, 0.3) is 0 Å². The molecule has 0 aliphatic carbocycles. The second kappa shape index (κ2) is 4.49. The molecule has 0 heterocycles. The average molecular weight is 222 g/mol. The number of rotatable bonds is 4. The van der Waals surface area contributed by atoms with Gasteiger partial charge in [0.1, 0.15) is 12.5 Å². The number of hydrogen-bond acceptors (Lipinski definition) is 7. The first-order valence-electron chi connectivity index (χ1n) is 3.89. The van der Waals surface area contributed by atoms with E-state index in [4.69, 9.17) is 30.6 Å². The highest BCUT2D eigenvalue weighted by molar-refractivity contribution is 5.00. The minimum atomic E-state index is -2.47. The van der Waals surface area contributed by atoms with E-state index in [1.54, 1.807) is 0 Å². The summed E-state index contributed by atoms with van der Waals surface area (Å²) in [5.41, 5.74) is 0. The van der Waals surface area contributed by atoms with Crippen molar-refractivity contribution in [3.05, 3.63) is 24.0 Å². The van der Waals surface area contributed by atoms with Crippen molar-refractivity contribution in [1.82, 2.24) is 0 Å². The maximum Gasteiger partial charge on any atom is 0.222 e. The zero-order valence-electron chi connectivity index (χ0n) is 8.25. The van der Waals surface area contributed by atoms with E-state index in [0.717, 1.165) is 13.8 Å². The Hall–Kier alpha value is -1.28. The van der Waals surface area contributed by atoms with Crippen LogP contribution in [0.5, 0.6) is 0 Å². The molecule has 0 spiro atoms. The number of aliphatic hydroxyl groups is 6. The standard InChI is InChI=1S/C8H14O7/c1-7(11,12)5(9)3-15-4-6(10)8(2,13)14/h3-4,9-14H,1-2H3/b5-3-,6-4-. The van der Waals surface area contributed by atoms with Crippen molar-refractivity contribution >= 4 is 0 Å². The minimum Gasteiger partial charge on any atom is -0.505 e. The van der Waals surface area contributed by atoms with E-state index in [0.29, 0.717) is 12.5 Å². The molecular weight excluding hydrogens is 208 g/mol. The first kappa shape index (κ1) is 13.7. The van der Waals surface area contributed by atoms with Gasteiger partial charge in [0, 0.05) is 0 Å². The van der Waals surface area contributed by atoms with Crippen LogP contribution in [0.2, 0.25) is 0 Å². The van der Waals surface area contributed by atoms with Gasteiger partial charge in [0.05, 0.1) is 0 Å². The number of hydrogen-bond donors (Lipinski definition) is 6. The Bertz CT molecular complexity index is 238. The molecule has 88 valence electrons. The predicted octanol–water partition coefficient (Wildman–Crippen LogP) is -0.797. The molecule has 0 amide bonds. The quantitative estimate of drug-likeness (QED) is 0.271. The molecule has 15 heavy (non-hydrogen) atoms. The number of aliphatic hydroxyl groups excluding tert-OH is 2. The Morgan fingerprint density at radius 1 is 0.867 bits per heavy atom. The van der Waals surface area contributed by atoms with Crippen molar-refractivity contribution in [2.45, 2.75) is 25.4 Å². The van der Waals surface area contributed by atoms with Crippen molar-refractivity contribution in [2.24, 2.45) is 0 Å². The third kappa shape index (κ3) is 5.23. The zero-order valence-corrected chi connectivity index (χ0v) is 8.25. The van der Waals surface area contributed by atoms with Gasteiger partial charge in [-0.2, -0.15) is 0 Å². The van der Waals surface area contributed by atoms with E-state index in [1.165, 1.54) is 0 Å². The lowest BCUT2D eigenvalue weighted by Crippen LogP contribution is -2.26. The average Bonchev–Trinajstić information content (AvgIpc) is 2.00. The predicted molar refractivity (Wildman–Crippen MR) is 48.2 cm³/mol. The monoisotopic (exact) mass is 222 g/mol. The van der Waals surface area contributed by atoms with Gasteiger partial charge in [-0.05, 0) is 13.8 Å². The molecular formula is C8H14O7. The third-order valence-corrected chi connectivity index (χ3v) is 1.33. The Morgan fingerprint density at radius 3 is 1.33 bits per heavy atom. The summed E-state index contributed by atoms with van der Waals surface area (Å²) in [7, 11) is 0. The maximum absolute atomic E-state index is 8.90. The molecule has 0 radical (unpaired) electrons. The van der Waals surface area contributed by atoms with Gasteiger partial charge in [-0.25, -0.2) is 0 Å². The lowest BCUT2D eigenvalue weighted by atomic mass is 10.3. The molecule has 0 aliphatic rings. The van der Waals surface area contributed by atoms with Gasteiger partial charge in [0.15, 0.2) is 11.5 Å². The van der Waals surface area contributed by atoms with Crippen LogP contribution >= 0.6 is 0 Å². The fraction of sp³-hybridized carbons (Fsp3) is 0.500. The van der Waals surface area contributed by atoms with Gasteiger partial charge < -0.3 is 35.4 Å². The molecule has 0 aromatic carbocycles. The highest BCUT2D eigenvalue weighted by Crippen LogP contribution is 2.11. The topological polar surface area (TPSA) is 131 Å².